The predicted molar refractivity (Wildman–Crippen MR) is 81.9 cm³/mol. The van der Waals surface area contributed by atoms with Crippen LogP contribution in [0.1, 0.15) is 37.5 Å². The van der Waals surface area contributed by atoms with Crippen molar-refractivity contribution >= 4 is 5.91 Å². The van der Waals surface area contributed by atoms with Gasteiger partial charge >= 0.3 is 0 Å². The van der Waals surface area contributed by atoms with Crippen LogP contribution in [0.4, 0.5) is 4.39 Å². The Kier molecular flexibility index (Phi) is 4.90. The van der Waals surface area contributed by atoms with Crippen molar-refractivity contribution in [2.24, 2.45) is 0 Å². The van der Waals surface area contributed by atoms with E-state index in [2.05, 4.69) is 20.5 Å². The maximum atomic E-state index is 13.3. The maximum Gasteiger partial charge on any atom is 0.230 e. The van der Waals surface area contributed by atoms with Crippen molar-refractivity contribution < 1.29 is 9.18 Å². The summed E-state index contributed by atoms with van der Waals surface area (Å²) in [6, 6.07) is 6.15. The fourth-order valence-electron chi connectivity index (χ4n) is 2.18. The van der Waals surface area contributed by atoms with Crippen LogP contribution in [0.25, 0.3) is 0 Å². The van der Waals surface area contributed by atoms with Crippen LogP contribution in [0, 0.1) is 12.7 Å². The van der Waals surface area contributed by atoms with Gasteiger partial charge in [-0.15, -0.1) is 0 Å². The van der Waals surface area contributed by atoms with E-state index in [1.807, 2.05) is 6.92 Å². The van der Waals surface area contributed by atoms with Crippen LogP contribution in [-0.4, -0.2) is 27.6 Å². The van der Waals surface area contributed by atoms with E-state index in [-0.39, 0.29) is 11.7 Å². The number of halogens is 1. The van der Waals surface area contributed by atoms with Crippen LogP contribution in [0.3, 0.4) is 0 Å². The molecular weight excluding hydrogens is 283 g/mol. The van der Waals surface area contributed by atoms with E-state index in [4.69, 9.17) is 0 Å². The second kappa shape index (κ2) is 6.68. The van der Waals surface area contributed by atoms with E-state index in [0.717, 1.165) is 18.1 Å². The van der Waals surface area contributed by atoms with Gasteiger partial charge in [-0.3, -0.25) is 9.89 Å². The number of rotatable bonds is 6. The molecule has 1 heterocycles. The fourth-order valence-corrected chi connectivity index (χ4v) is 2.18. The Morgan fingerprint density at radius 1 is 1.41 bits per heavy atom. The second-order valence-corrected chi connectivity index (χ2v) is 5.83. The molecule has 6 heteroatoms. The number of aryl methyl sites for hydroxylation is 2. The number of nitrogens with zero attached hydrogens (tertiary/aromatic N) is 2. The van der Waals surface area contributed by atoms with Crippen LogP contribution in [-0.2, 0) is 16.6 Å². The summed E-state index contributed by atoms with van der Waals surface area (Å²) in [5, 5.41) is 9.72. The third-order valence-electron chi connectivity index (χ3n) is 3.62. The molecule has 1 aromatic carbocycles. The average molecular weight is 304 g/mol. The number of carbonyl (C=O) groups is 1. The van der Waals surface area contributed by atoms with Crippen molar-refractivity contribution in [1.29, 1.82) is 0 Å². The average Bonchev–Trinajstić information content (AvgIpc) is 2.89. The van der Waals surface area contributed by atoms with Gasteiger partial charge < -0.3 is 5.32 Å². The molecule has 0 atom stereocenters. The SMILES string of the molecule is Cc1nc(CCCNC(=O)C(C)(C)c2cccc(F)c2)n[nH]1. The van der Waals surface area contributed by atoms with Crippen LogP contribution < -0.4 is 5.32 Å². The van der Waals surface area contributed by atoms with E-state index in [1.165, 1.54) is 12.1 Å². The molecule has 118 valence electrons. The Labute approximate surface area is 129 Å². The number of benzene rings is 1. The van der Waals surface area contributed by atoms with Gasteiger partial charge in [0.25, 0.3) is 0 Å². The van der Waals surface area contributed by atoms with Crippen molar-refractivity contribution in [1.82, 2.24) is 20.5 Å². The first-order valence-corrected chi connectivity index (χ1v) is 7.32. The van der Waals surface area contributed by atoms with Gasteiger partial charge in [0.1, 0.15) is 11.6 Å². The molecule has 1 amide bonds. The van der Waals surface area contributed by atoms with Crippen LogP contribution >= 0.6 is 0 Å². The van der Waals surface area contributed by atoms with Crippen LogP contribution in [0.5, 0.6) is 0 Å². The minimum atomic E-state index is -0.775. The van der Waals surface area contributed by atoms with Crippen LogP contribution in [0.2, 0.25) is 0 Å². The lowest BCUT2D eigenvalue weighted by molar-refractivity contribution is -0.125. The lowest BCUT2D eigenvalue weighted by atomic mass is 9.83. The van der Waals surface area contributed by atoms with Crippen LogP contribution in [0.15, 0.2) is 24.3 Å². The smallest absolute Gasteiger partial charge is 0.230 e. The van der Waals surface area contributed by atoms with E-state index in [9.17, 15) is 9.18 Å². The molecule has 0 saturated carbocycles. The summed E-state index contributed by atoms with van der Waals surface area (Å²) in [4.78, 5) is 16.5. The lowest BCUT2D eigenvalue weighted by Crippen LogP contribution is -2.40. The quantitative estimate of drug-likeness (QED) is 0.804. The molecular formula is C16H21FN4O. The van der Waals surface area contributed by atoms with Gasteiger partial charge in [0.05, 0.1) is 5.41 Å². The zero-order chi connectivity index (χ0) is 16.2. The van der Waals surface area contributed by atoms with Gasteiger partial charge in [-0.1, -0.05) is 12.1 Å². The van der Waals surface area contributed by atoms with Gasteiger partial charge in [0, 0.05) is 13.0 Å². The van der Waals surface area contributed by atoms with Crippen molar-refractivity contribution in [2.45, 2.75) is 39.0 Å². The summed E-state index contributed by atoms with van der Waals surface area (Å²) < 4.78 is 13.3. The highest BCUT2D eigenvalue weighted by atomic mass is 19.1. The van der Waals surface area contributed by atoms with Crippen molar-refractivity contribution in [3.8, 4) is 0 Å². The fraction of sp³-hybridized carbons (Fsp3) is 0.438. The summed E-state index contributed by atoms with van der Waals surface area (Å²) in [6.45, 7) is 5.95. The molecule has 0 aliphatic carbocycles. The molecule has 1 aromatic heterocycles. The summed E-state index contributed by atoms with van der Waals surface area (Å²) in [7, 11) is 0. The number of aromatic nitrogens is 3. The Bertz CT molecular complexity index is 651. The zero-order valence-corrected chi connectivity index (χ0v) is 13.1. The zero-order valence-electron chi connectivity index (χ0n) is 13.1. The maximum absolute atomic E-state index is 13.3. The summed E-state index contributed by atoms with van der Waals surface area (Å²) in [6.07, 6.45) is 1.45. The van der Waals surface area contributed by atoms with E-state index < -0.39 is 5.41 Å². The van der Waals surface area contributed by atoms with E-state index in [1.54, 1.807) is 26.0 Å². The Morgan fingerprint density at radius 2 is 2.18 bits per heavy atom. The van der Waals surface area contributed by atoms with Gasteiger partial charge in [0.15, 0.2) is 5.82 Å². The minimum absolute atomic E-state index is 0.121. The molecule has 0 saturated heterocycles. The van der Waals surface area contributed by atoms with Gasteiger partial charge in [-0.2, -0.15) is 5.10 Å². The third kappa shape index (κ3) is 3.90. The summed E-state index contributed by atoms with van der Waals surface area (Å²) in [5.41, 5.74) is -0.113. The molecule has 0 spiro atoms. The number of hydrogen-bond donors (Lipinski definition) is 2. The molecule has 22 heavy (non-hydrogen) atoms. The molecule has 2 rings (SSSR count). The molecule has 0 bridgehead atoms. The molecule has 2 N–H and O–H groups in total. The van der Waals surface area contributed by atoms with E-state index in [0.29, 0.717) is 18.5 Å². The standard InChI is InChI=1S/C16H21FN4O/c1-11-19-14(21-20-11)8-5-9-18-15(22)16(2,3)12-6-4-7-13(17)10-12/h4,6-7,10H,5,8-9H2,1-3H3,(H,18,22)(H,19,20,21). The second-order valence-electron chi connectivity index (χ2n) is 5.83. The van der Waals surface area contributed by atoms with Crippen molar-refractivity contribution in [3.05, 3.63) is 47.3 Å². The highest BCUT2D eigenvalue weighted by Gasteiger charge is 2.29. The highest BCUT2D eigenvalue weighted by Crippen LogP contribution is 2.23. The summed E-state index contributed by atoms with van der Waals surface area (Å²) in [5.74, 6) is 1.07. The lowest BCUT2D eigenvalue weighted by Gasteiger charge is -2.24. The molecule has 5 nitrogen and oxygen atoms in total. The molecule has 0 unspecified atom stereocenters. The Hall–Kier alpha value is -2.24. The van der Waals surface area contributed by atoms with Crippen molar-refractivity contribution in [3.63, 3.8) is 0 Å². The van der Waals surface area contributed by atoms with Gasteiger partial charge in [0.2, 0.25) is 5.91 Å². The third-order valence-corrected chi connectivity index (χ3v) is 3.62. The molecule has 0 radical (unpaired) electrons. The topological polar surface area (TPSA) is 70.7 Å². The Balaban J connectivity index is 1.85. The first-order valence-electron chi connectivity index (χ1n) is 7.32. The van der Waals surface area contributed by atoms with Gasteiger partial charge in [-0.05, 0) is 44.9 Å². The number of hydrogen-bond acceptors (Lipinski definition) is 3. The predicted octanol–water partition coefficient (Wildman–Crippen LogP) is 2.28. The molecule has 0 aliphatic rings. The monoisotopic (exact) mass is 304 g/mol. The number of aromatic amines is 1. The first kappa shape index (κ1) is 16.1. The van der Waals surface area contributed by atoms with Gasteiger partial charge in [-0.25, -0.2) is 9.37 Å². The number of carbonyl (C=O) groups excluding carboxylic acids is 1. The molecule has 0 aliphatic heterocycles. The number of nitrogens with one attached hydrogen (secondary N) is 2. The number of amides is 1. The largest absolute Gasteiger partial charge is 0.355 e. The minimum Gasteiger partial charge on any atom is -0.355 e. The number of H-pyrrole nitrogens is 1. The normalized spacial score (nSPS) is 11.5. The van der Waals surface area contributed by atoms with Crippen molar-refractivity contribution in [2.75, 3.05) is 6.54 Å². The first-order chi connectivity index (χ1) is 10.4. The molecule has 2 aromatic rings. The summed E-state index contributed by atoms with van der Waals surface area (Å²) >= 11 is 0. The van der Waals surface area contributed by atoms with E-state index >= 15 is 0 Å². The Morgan fingerprint density at radius 3 is 2.82 bits per heavy atom. The highest BCUT2D eigenvalue weighted by molar-refractivity contribution is 5.87. The molecule has 0 fully saturated rings.